The van der Waals surface area contributed by atoms with Crippen molar-refractivity contribution in [3.63, 3.8) is 0 Å². The zero-order chi connectivity index (χ0) is 79.2. The largest absolute Gasteiger partial charge is 0.396 e. The predicted molar refractivity (Wildman–Crippen MR) is 443 cm³/mol. The number of pyridine rings is 6. The Labute approximate surface area is 668 Å². The van der Waals surface area contributed by atoms with Crippen LogP contribution in [0.2, 0.25) is 20.1 Å². The number of sulfonamides is 1. The molecule has 7 heterocycles. The number of hydrogen-bond acceptors (Lipinski definition) is 19. The number of aryl methyl sites for hydroxylation is 1. The SMILES string of the molecule is COCCNc1cc(C(=O)Nc2ccc(Cl)c(-c3ccccn3)c2)ccn1.Cc1nc(NCCO)ccc1C(=O)Nc1ccc(Cl)c(-c2ccccn2)c1.O=C(Nc1ccc(Cl)c(-c2ccccn2)c1)c1ccc(N2CCOCC2)cc1.O=C(Nc1ccc(Cl)c(-c2ccccn2)c1)c1ccc(S(=O)(=O)NCCCO)cc1. The number of carbonyl (C=O) groups excluding carboxylic acids is 4. The predicted octanol–water partition coefficient (Wildman–Crippen LogP) is 15.7. The van der Waals surface area contributed by atoms with Gasteiger partial charge in [0, 0.05) is 145 Å². The van der Waals surface area contributed by atoms with Gasteiger partial charge in [0.05, 0.1) is 85.4 Å². The van der Waals surface area contributed by atoms with Crippen LogP contribution in [0.3, 0.4) is 0 Å². The first-order valence-electron chi connectivity index (χ1n) is 35.1. The highest BCUT2D eigenvalue weighted by Crippen LogP contribution is 2.34. The van der Waals surface area contributed by atoms with E-state index in [2.05, 4.69) is 71.4 Å². The van der Waals surface area contributed by atoms with Crippen LogP contribution in [0.5, 0.6) is 0 Å². The van der Waals surface area contributed by atoms with Gasteiger partial charge >= 0.3 is 0 Å². The number of hydrogen-bond donors (Lipinski definition) is 9. The number of aromatic nitrogens is 6. The van der Waals surface area contributed by atoms with Crippen LogP contribution in [0.15, 0.2) is 254 Å². The fourth-order valence-electron chi connectivity index (χ4n) is 10.9. The zero-order valence-electron chi connectivity index (χ0n) is 60.7. The molecule has 1 aliphatic rings. The van der Waals surface area contributed by atoms with Gasteiger partial charge in [-0.25, -0.2) is 23.1 Å². The fraction of sp³-hybridized carbons (Fsp3) is 0.157. The van der Waals surface area contributed by atoms with Crippen LogP contribution in [0.4, 0.5) is 40.1 Å². The Balaban J connectivity index is 0.000000159. The second-order valence-electron chi connectivity index (χ2n) is 24.4. The summed E-state index contributed by atoms with van der Waals surface area (Å²) in [6.07, 6.45) is 8.68. The smallest absolute Gasteiger partial charge is 0.257 e. The number of ether oxygens (including phenoxy) is 2. The van der Waals surface area contributed by atoms with E-state index in [0.717, 1.165) is 65.8 Å². The molecule has 29 heteroatoms. The third-order valence-electron chi connectivity index (χ3n) is 16.6. The molecule has 12 aromatic rings. The van der Waals surface area contributed by atoms with E-state index in [9.17, 15) is 27.6 Å². The number of aliphatic hydroxyl groups excluding tert-OH is 2. The molecule has 1 aliphatic heterocycles. The number of nitrogens with one attached hydrogen (secondary N) is 7. The van der Waals surface area contributed by atoms with Crippen molar-refractivity contribution in [3.05, 3.63) is 297 Å². The number of rotatable bonds is 25. The lowest BCUT2D eigenvalue weighted by atomic mass is 10.1. The Hall–Kier alpha value is -11.6. The first-order valence-corrected chi connectivity index (χ1v) is 38.1. The third-order valence-corrected chi connectivity index (χ3v) is 19.4. The highest BCUT2D eigenvalue weighted by atomic mass is 35.5. The van der Waals surface area contributed by atoms with Gasteiger partial charge in [0.15, 0.2) is 0 Å². The molecular weight excluding hydrogens is 1530 g/mol. The highest BCUT2D eigenvalue weighted by molar-refractivity contribution is 7.89. The zero-order valence-corrected chi connectivity index (χ0v) is 64.5. The van der Waals surface area contributed by atoms with E-state index in [-0.39, 0.29) is 48.3 Å². The quantitative estimate of drug-likeness (QED) is 0.0240. The number of nitrogens with zero attached hydrogens (tertiary/aromatic N) is 7. The van der Waals surface area contributed by atoms with Crippen LogP contribution in [-0.2, 0) is 19.5 Å². The normalized spacial score (nSPS) is 11.6. The second-order valence-corrected chi connectivity index (χ2v) is 27.8. The molecule has 574 valence electrons. The van der Waals surface area contributed by atoms with Gasteiger partial charge in [-0.2, -0.15) is 0 Å². The molecule has 9 N–H and O–H groups in total. The second kappa shape index (κ2) is 42.0. The Kier molecular flexibility index (Phi) is 31.1. The lowest BCUT2D eigenvalue weighted by Crippen LogP contribution is -2.36. The summed E-state index contributed by atoms with van der Waals surface area (Å²) in [4.78, 5) is 78.5. The number of carbonyl (C=O) groups is 4. The minimum atomic E-state index is -3.69. The first kappa shape index (κ1) is 82.9. The molecule has 0 radical (unpaired) electrons. The van der Waals surface area contributed by atoms with Crippen LogP contribution in [0, 0.1) is 6.92 Å². The maximum atomic E-state index is 12.6. The lowest BCUT2D eigenvalue weighted by Gasteiger charge is -2.28. The molecule has 1 saturated heterocycles. The summed E-state index contributed by atoms with van der Waals surface area (Å²) >= 11 is 25.1. The van der Waals surface area contributed by atoms with Crippen molar-refractivity contribution in [1.29, 1.82) is 0 Å². The maximum Gasteiger partial charge on any atom is 0.257 e. The van der Waals surface area contributed by atoms with Gasteiger partial charge in [-0.15, -0.1) is 0 Å². The number of amides is 4. The number of morpholine rings is 1. The van der Waals surface area contributed by atoms with Crippen molar-refractivity contribution in [2.75, 3.05) is 110 Å². The summed E-state index contributed by atoms with van der Waals surface area (Å²) in [5.74, 6) is 0.181. The van der Waals surface area contributed by atoms with Crippen molar-refractivity contribution in [3.8, 4) is 45.0 Å². The first-order chi connectivity index (χ1) is 54.4. The van der Waals surface area contributed by atoms with E-state index in [1.165, 1.54) is 24.3 Å². The fourth-order valence-corrected chi connectivity index (χ4v) is 12.9. The average molecular weight is 1610 g/mol. The summed E-state index contributed by atoms with van der Waals surface area (Å²) in [5, 5.41) is 37.4. The van der Waals surface area contributed by atoms with E-state index in [1.54, 1.807) is 136 Å². The van der Waals surface area contributed by atoms with Gasteiger partial charge in [0.25, 0.3) is 23.6 Å². The monoisotopic (exact) mass is 1600 g/mol. The Morgan fingerprint density at radius 2 is 0.884 bits per heavy atom. The maximum absolute atomic E-state index is 12.6. The number of halogens is 4. The van der Waals surface area contributed by atoms with Crippen molar-refractivity contribution in [1.82, 2.24) is 34.6 Å². The molecule has 0 saturated carbocycles. The minimum Gasteiger partial charge on any atom is -0.396 e. The summed E-state index contributed by atoms with van der Waals surface area (Å²) in [6.45, 7) is 6.58. The molecule has 0 spiro atoms. The molecule has 1 fully saturated rings. The molecule has 6 aromatic heterocycles. The summed E-state index contributed by atoms with van der Waals surface area (Å²) in [7, 11) is -2.06. The van der Waals surface area contributed by atoms with E-state index in [4.69, 9.17) is 66.1 Å². The van der Waals surface area contributed by atoms with Crippen molar-refractivity contribution < 1.29 is 47.3 Å². The van der Waals surface area contributed by atoms with Crippen molar-refractivity contribution in [2.24, 2.45) is 0 Å². The molecular formula is C83H78Cl4N14O10S. The van der Waals surface area contributed by atoms with E-state index < -0.39 is 10.0 Å². The molecule has 13 rings (SSSR count). The van der Waals surface area contributed by atoms with Crippen LogP contribution in [0.25, 0.3) is 45.0 Å². The molecule has 112 heavy (non-hydrogen) atoms. The summed E-state index contributed by atoms with van der Waals surface area (Å²) in [5.41, 5.74) is 11.9. The summed E-state index contributed by atoms with van der Waals surface area (Å²) in [6, 6.07) is 63.3. The molecule has 0 atom stereocenters. The third kappa shape index (κ3) is 24.2. The van der Waals surface area contributed by atoms with Gasteiger partial charge in [-0.05, 0) is 207 Å². The van der Waals surface area contributed by atoms with Gasteiger partial charge in [0.1, 0.15) is 11.6 Å². The van der Waals surface area contributed by atoms with Crippen molar-refractivity contribution >= 4 is 120 Å². The number of aliphatic hydroxyl groups is 2. The number of methoxy groups -OCH3 is 1. The van der Waals surface area contributed by atoms with E-state index in [1.807, 2.05) is 103 Å². The van der Waals surface area contributed by atoms with Gasteiger partial charge in [-0.3, -0.25) is 39.1 Å². The Bertz CT molecular complexity index is 5250. The minimum absolute atomic E-state index is 0.0120. The molecule has 0 aliphatic carbocycles. The number of anilines is 7. The molecule has 24 nitrogen and oxygen atoms in total. The van der Waals surface area contributed by atoms with Crippen LogP contribution >= 0.6 is 46.4 Å². The van der Waals surface area contributed by atoms with Crippen LogP contribution in [0.1, 0.15) is 53.5 Å². The number of benzene rings is 6. The molecule has 6 aromatic carbocycles. The average Bonchev–Trinajstić information content (AvgIpc) is 0.836. The summed E-state index contributed by atoms with van der Waals surface area (Å²) < 4.78 is 37.1. The lowest BCUT2D eigenvalue weighted by molar-refractivity contribution is 0.101. The molecule has 0 bridgehead atoms. The highest BCUT2D eigenvalue weighted by Gasteiger charge is 2.20. The Morgan fingerprint density at radius 3 is 1.29 bits per heavy atom. The standard InChI is InChI=1S/C22H20ClN3O2.C21H20ClN3O4S.2C20H19ClN4O2/c23-20-9-6-17(15-19(20)21-3-1-2-10-24-21)25-22(27)16-4-7-18(8-5-16)26-11-13-28-14-12-26;22-19-10-7-16(14-18(19)20-4-1-2-11-23-20)25-21(27)15-5-8-17(9-6-15)30(28,29)24-12-3-13-26;1-13-15(6-8-19(24-13)23-10-11-26)20(27)25-14-5-7-17(21)16(12-14)18-4-2-3-9-22-18;1-27-11-10-24-19-12-14(7-9-23-19)20(26)25-15-5-6-17(21)16(13-15)18-4-2-3-8-22-18/h1-10,15H,11-14H2,(H,25,27);1-2,4-11,14,24,26H,3,12-13H2,(H,25,27);2-9,12,26H,10-11H2,1H3,(H,23,24)(H,25,27);2-9,12-13H,10-11H2,1H3,(H,23,24)(H,25,26). The van der Waals surface area contributed by atoms with E-state index in [0.29, 0.717) is 120 Å². The van der Waals surface area contributed by atoms with Gasteiger partial charge in [0.2, 0.25) is 10.0 Å². The molecule has 4 amide bonds. The van der Waals surface area contributed by atoms with Crippen molar-refractivity contribution in [2.45, 2.75) is 18.2 Å². The van der Waals surface area contributed by atoms with Crippen LogP contribution in [-0.4, -0.2) is 145 Å². The topological polar surface area (TPSA) is 326 Å². The van der Waals surface area contributed by atoms with Crippen LogP contribution < -0.4 is 41.5 Å². The molecule has 0 unspecified atom stereocenters. The Morgan fingerprint density at radius 1 is 0.455 bits per heavy atom. The van der Waals surface area contributed by atoms with Gasteiger partial charge < -0.3 is 56.5 Å². The van der Waals surface area contributed by atoms with Gasteiger partial charge in [-0.1, -0.05) is 70.7 Å². The van der Waals surface area contributed by atoms with E-state index >= 15 is 0 Å².